The molecule has 0 amide bonds. The highest BCUT2D eigenvalue weighted by Crippen LogP contribution is 2.38. The molecule has 11 heteroatoms. The van der Waals surface area contributed by atoms with E-state index in [-0.39, 0.29) is 22.9 Å². The van der Waals surface area contributed by atoms with Crippen molar-refractivity contribution in [1.82, 2.24) is 19.9 Å². The summed E-state index contributed by atoms with van der Waals surface area (Å²) in [6.07, 6.45) is 2.29. The maximum atomic E-state index is 14.4. The Labute approximate surface area is 200 Å². The van der Waals surface area contributed by atoms with E-state index in [1.54, 1.807) is 20.0 Å². The molecule has 0 bridgehead atoms. The number of piperidine rings is 1. The van der Waals surface area contributed by atoms with Gasteiger partial charge in [-0.3, -0.25) is 4.98 Å². The Morgan fingerprint density at radius 3 is 2.74 bits per heavy atom. The van der Waals surface area contributed by atoms with Crippen LogP contribution >= 0.6 is 11.6 Å². The molecule has 0 radical (unpaired) electrons. The monoisotopic (exact) mass is 485 g/mol. The minimum Gasteiger partial charge on any atom is -0.422 e. The van der Waals surface area contributed by atoms with Crippen LogP contribution in [0.5, 0.6) is 11.8 Å². The molecule has 9 nitrogen and oxygen atoms in total. The Hall–Kier alpha value is -3.21. The highest BCUT2D eigenvalue weighted by Gasteiger charge is 2.24. The number of aromatic amines is 1. The van der Waals surface area contributed by atoms with Gasteiger partial charge in [-0.05, 0) is 31.9 Å². The lowest BCUT2D eigenvalue weighted by molar-refractivity contribution is 0.194. The van der Waals surface area contributed by atoms with Crippen molar-refractivity contribution in [2.45, 2.75) is 31.9 Å². The number of fused-ring (bicyclic) bond motifs is 3. The lowest BCUT2D eigenvalue weighted by Gasteiger charge is -2.31. The van der Waals surface area contributed by atoms with Gasteiger partial charge in [0.05, 0.1) is 39.6 Å². The maximum absolute atomic E-state index is 14.4. The summed E-state index contributed by atoms with van der Waals surface area (Å²) >= 11 is 6.24. The third-order valence-electron chi connectivity index (χ3n) is 6.04. The van der Waals surface area contributed by atoms with E-state index in [1.165, 1.54) is 18.3 Å². The molecule has 4 aromatic rings. The number of H-pyrrole nitrogens is 1. The second-order valence-electron chi connectivity index (χ2n) is 8.44. The summed E-state index contributed by atoms with van der Waals surface area (Å²) in [5.74, 6) is 0.618. The quantitative estimate of drug-likeness (QED) is 0.333. The number of aromatic nitrogens is 4. The topological polar surface area (TPSA) is 125 Å². The predicted molar refractivity (Wildman–Crippen MR) is 130 cm³/mol. The summed E-state index contributed by atoms with van der Waals surface area (Å²) < 4.78 is 20.3. The zero-order valence-electron chi connectivity index (χ0n) is 18.8. The van der Waals surface area contributed by atoms with Gasteiger partial charge in [0.2, 0.25) is 0 Å². The number of aliphatic hydroxyl groups is 1. The van der Waals surface area contributed by atoms with Crippen molar-refractivity contribution < 1.29 is 14.2 Å². The van der Waals surface area contributed by atoms with Gasteiger partial charge in [0.1, 0.15) is 17.3 Å². The SMILES string of the molecule is CNc1cc(F)cc2c1[nH]c1nc(Oc3cnc(C(C)O)c(Cl)c3)nc(N3CCC(N)CC3)c12. The number of nitrogens with two attached hydrogens (primary N) is 1. The summed E-state index contributed by atoms with van der Waals surface area (Å²) in [5, 5.41) is 14.5. The predicted octanol–water partition coefficient (Wildman–Crippen LogP) is 4.11. The first kappa shape index (κ1) is 22.6. The van der Waals surface area contributed by atoms with Gasteiger partial charge in [0.25, 0.3) is 0 Å². The molecule has 5 rings (SSSR count). The average Bonchev–Trinajstić information content (AvgIpc) is 3.16. The van der Waals surface area contributed by atoms with Crippen LogP contribution in [0.2, 0.25) is 5.02 Å². The Bertz CT molecular complexity index is 1370. The second-order valence-corrected chi connectivity index (χ2v) is 8.85. The van der Waals surface area contributed by atoms with Gasteiger partial charge in [-0.2, -0.15) is 9.97 Å². The van der Waals surface area contributed by atoms with E-state index < -0.39 is 6.10 Å². The molecule has 0 spiro atoms. The number of benzene rings is 1. The molecule has 1 fully saturated rings. The standard InChI is InChI=1S/C23H25ClFN7O2/c1-11(33)19-16(24)9-14(10-28-19)34-23-30-21-18(22(31-23)32-5-3-13(26)4-6-32)15-7-12(25)8-17(27-2)20(15)29-21/h7-11,13,27,33H,3-6,26H2,1-2H3,(H,29,30,31). The zero-order valence-corrected chi connectivity index (χ0v) is 19.5. The van der Waals surface area contributed by atoms with Crippen molar-refractivity contribution in [1.29, 1.82) is 0 Å². The largest absolute Gasteiger partial charge is 0.422 e. The van der Waals surface area contributed by atoms with Crippen LogP contribution in [0.25, 0.3) is 21.9 Å². The van der Waals surface area contributed by atoms with Crippen LogP contribution in [0.3, 0.4) is 0 Å². The van der Waals surface area contributed by atoms with Crippen LogP contribution in [0.15, 0.2) is 24.4 Å². The fraction of sp³-hybridized carbons (Fsp3) is 0.348. The van der Waals surface area contributed by atoms with Crippen molar-refractivity contribution in [3.8, 4) is 11.8 Å². The molecule has 178 valence electrons. The van der Waals surface area contributed by atoms with Gasteiger partial charge >= 0.3 is 6.01 Å². The van der Waals surface area contributed by atoms with E-state index in [4.69, 9.17) is 27.1 Å². The molecule has 1 saturated heterocycles. The summed E-state index contributed by atoms with van der Waals surface area (Å²) in [5.41, 5.74) is 8.33. The number of hydrogen-bond donors (Lipinski definition) is 4. The summed E-state index contributed by atoms with van der Waals surface area (Å²) in [6.45, 7) is 3.01. The molecule has 1 atom stereocenters. The minimum atomic E-state index is -0.806. The highest BCUT2D eigenvalue weighted by molar-refractivity contribution is 6.31. The van der Waals surface area contributed by atoms with Gasteiger partial charge in [-0.25, -0.2) is 4.39 Å². The van der Waals surface area contributed by atoms with E-state index in [0.717, 1.165) is 23.7 Å². The van der Waals surface area contributed by atoms with Crippen molar-refractivity contribution in [3.05, 3.63) is 40.9 Å². The first-order chi connectivity index (χ1) is 16.3. The van der Waals surface area contributed by atoms with Crippen LogP contribution in [-0.2, 0) is 0 Å². The fourth-order valence-corrected chi connectivity index (χ4v) is 4.62. The van der Waals surface area contributed by atoms with E-state index >= 15 is 0 Å². The number of ether oxygens (including phenoxy) is 1. The molecular formula is C23H25ClFN7O2. The smallest absolute Gasteiger partial charge is 0.326 e. The first-order valence-electron chi connectivity index (χ1n) is 11.1. The van der Waals surface area contributed by atoms with Crippen LogP contribution in [0.4, 0.5) is 15.9 Å². The van der Waals surface area contributed by atoms with Crippen LogP contribution in [-0.4, -0.2) is 51.2 Å². The van der Waals surface area contributed by atoms with Crippen molar-refractivity contribution in [2.75, 3.05) is 30.4 Å². The lowest BCUT2D eigenvalue weighted by Crippen LogP contribution is -2.40. The third-order valence-corrected chi connectivity index (χ3v) is 6.35. The van der Waals surface area contributed by atoms with Crippen molar-refractivity contribution in [3.63, 3.8) is 0 Å². The number of hydrogen-bond acceptors (Lipinski definition) is 8. The lowest BCUT2D eigenvalue weighted by atomic mass is 10.1. The number of nitrogens with zero attached hydrogens (tertiary/aromatic N) is 4. The summed E-state index contributed by atoms with van der Waals surface area (Å²) in [6, 6.07) is 4.71. The highest BCUT2D eigenvalue weighted by atomic mass is 35.5. The molecule has 5 N–H and O–H groups in total. The van der Waals surface area contributed by atoms with Gasteiger partial charge in [0, 0.05) is 37.6 Å². The van der Waals surface area contributed by atoms with E-state index in [1.807, 2.05) is 0 Å². The molecule has 1 unspecified atom stereocenters. The van der Waals surface area contributed by atoms with Gasteiger partial charge < -0.3 is 30.8 Å². The maximum Gasteiger partial charge on any atom is 0.326 e. The van der Waals surface area contributed by atoms with E-state index in [2.05, 4.69) is 25.2 Å². The molecule has 1 aliphatic heterocycles. The van der Waals surface area contributed by atoms with Crippen LogP contribution in [0.1, 0.15) is 31.6 Å². The number of aliphatic hydroxyl groups excluding tert-OH is 1. The number of anilines is 2. The number of pyridine rings is 1. The molecule has 4 heterocycles. The van der Waals surface area contributed by atoms with Crippen LogP contribution < -0.4 is 20.7 Å². The third kappa shape index (κ3) is 4.08. The average molecular weight is 486 g/mol. The normalized spacial score (nSPS) is 15.8. The van der Waals surface area contributed by atoms with Gasteiger partial charge in [0.15, 0.2) is 5.75 Å². The van der Waals surface area contributed by atoms with Crippen molar-refractivity contribution in [2.24, 2.45) is 5.73 Å². The molecular weight excluding hydrogens is 461 g/mol. The molecule has 1 aromatic carbocycles. The second kappa shape index (κ2) is 8.86. The molecule has 0 aliphatic carbocycles. The van der Waals surface area contributed by atoms with Crippen LogP contribution in [0, 0.1) is 5.82 Å². The molecule has 0 saturated carbocycles. The molecule has 34 heavy (non-hydrogen) atoms. The first-order valence-corrected chi connectivity index (χ1v) is 11.4. The Morgan fingerprint density at radius 1 is 1.29 bits per heavy atom. The summed E-state index contributed by atoms with van der Waals surface area (Å²) in [7, 11) is 1.74. The van der Waals surface area contributed by atoms with E-state index in [0.29, 0.717) is 47.1 Å². The number of nitrogens with one attached hydrogen (secondary N) is 2. The van der Waals surface area contributed by atoms with Gasteiger partial charge in [-0.15, -0.1) is 0 Å². The Morgan fingerprint density at radius 2 is 2.06 bits per heavy atom. The molecule has 3 aromatic heterocycles. The van der Waals surface area contributed by atoms with E-state index in [9.17, 15) is 9.50 Å². The minimum absolute atomic E-state index is 0.0954. The number of rotatable bonds is 5. The van der Waals surface area contributed by atoms with Gasteiger partial charge in [-0.1, -0.05) is 11.6 Å². The fourth-order valence-electron chi connectivity index (χ4n) is 4.31. The summed E-state index contributed by atoms with van der Waals surface area (Å²) in [4.78, 5) is 18.9. The van der Waals surface area contributed by atoms with Crippen molar-refractivity contribution >= 4 is 45.0 Å². The Kier molecular flexibility index (Phi) is 5.88. The molecule has 1 aliphatic rings. The number of halogens is 2. The Balaban J connectivity index is 1.65. The zero-order chi connectivity index (χ0) is 24.0.